The van der Waals surface area contributed by atoms with Crippen LogP contribution in [-0.2, 0) is 6.54 Å². The number of rotatable bonds is 6. The van der Waals surface area contributed by atoms with E-state index in [1.54, 1.807) is 24.3 Å². The summed E-state index contributed by atoms with van der Waals surface area (Å²) in [5, 5.41) is 13.9. The van der Waals surface area contributed by atoms with Crippen LogP contribution in [0.1, 0.15) is 16.1 Å². The first-order valence-electron chi connectivity index (χ1n) is 7.42. The smallest absolute Gasteiger partial charge is 0.270 e. The van der Waals surface area contributed by atoms with Crippen LogP contribution in [0.15, 0.2) is 59.3 Å². The number of halogens is 1. The molecule has 0 radical (unpaired) electrons. The molecule has 2 aromatic heterocycles. The molecule has 8 nitrogen and oxygen atoms in total. The number of non-ortho nitro benzene ring substituents is 1. The summed E-state index contributed by atoms with van der Waals surface area (Å²) in [5.74, 6) is 0.155. The molecular weight excluding hydrogens is 362 g/mol. The third-order valence-electron chi connectivity index (χ3n) is 3.35. The molecule has 26 heavy (non-hydrogen) atoms. The number of nitro benzene ring substituents is 1. The Morgan fingerprint density at radius 2 is 2.15 bits per heavy atom. The highest BCUT2D eigenvalue weighted by atomic mass is 35.5. The lowest BCUT2D eigenvalue weighted by Crippen LogP contribution is -2.23. The molecule has 0 saturated carbocycles. The second-order valence-electron chi connectivity index (χ2n) is 5.09. The monoisotopic (exact) mass is 373 g/mol. The molecule has 0 unspecified atom stereocenters. The number of aromatic nitrogens is 1. The van der Waals surface area contributed by atoms with Crippen molar-refractivity contribution >= 4 is 23.2 Å². The van der Waals surface area contributed by atoms with Crippen LogP contribution in [0, 0.1) is 10.1 Å². The Morgan fingerprint density at radius 3 is 2.85 bits per heavy atom. The summed E-state index contributed by atoms with van der Waals surface area (Å²) < 4.78 is 10.7. The van der Waals surface area contributed by atoms with Gasteiger partial charge in [0.1, 0.15) is 16.5 Å². The zero-order valence-corrected chi connectivity index (χ0v) is 14.0. The van der Waals surface area contributed by atoms with Crippen molar-refractivity contribution in [3.05, 3.63) is 81.4 Å². The van der Waals surface area contributed by atoms with Crippen molar-refractivity contribution in [2.75, 3.05) is 0 Å². The molecule has 0 fully saturated rings. The maximum atomic E-state index is 12.5. The van der Waals surface area contributed by atoms with Gasteiger partial charge >= 0.3 is 0 Å². The van der Waals surface area contributed by atoms with Crippen LogP contribution in [0.25, 0.3) is 0 Å². The molecule has 1 aromatic carbocycles. The fourth-order valence-electron chi connectivity index (χ4n) is 2.12. The number of carbonyl (C=O) groups excluding carboxylic acids is 1. The molecule has 1 amide bonds. The summed E-state index contributed by atoms with van der Waals surface area (Å²) in [5.41, 5.74) is -0.264. The van der Waals surface area contributed by atoms with Crippen molar-refractivity contribution < 1.29 is 18.9 Å². The van der Waals surface area contributed by atoms with Gasteiger partial charge in [0, 0.05) is 18.3 Å². The molecule has 0 saturated heterocycles. The molecule has 0 aliphatic carbocycles. The van der Waals surface area contributed by atoms with Gasteiger partial charge in [-0.05, 0) is 30.3 Å². The third-order valence-corrected chi connectivity index (χ3v) is 3.64. The molecule has 0 aliphatic rings. The van der Waals surface area contributed by atoms with E-state index in [4.69, 9.17) is 20.8 Å². The first-order valence-corrected chi connectivity index (χ1v) is 7.80. The Labute approximate surface area is 152 Å². The average molecular weight is 374 g/mol. The number of benzene rings is 1. The number of amides is 1. The quantitative estimate of drug-likeness (QED) is 0.517. The second kappa shape index (κ2) is 7.66. The Bertz CT molecular complexity index is 943. The largest absolute Gasteiger partial charge is 0.467 e. The van der Waals surface area contributed by atoms with E-state index >= 15 is 0 Å². The third kappa shape index (κ3) is 3.98. The fraction of sp³-hybridized carbons (Fsp3) is 0.0588. The van der Waals surface area contributed by atoms with E-state index in [0.717, 1.165) is 6.07 Å². The molecule has 0 bridgehead atoms. The van der Waals surface area contributed by atoms with Gasteiger partial charge in [-0.3, -0.25) is 14.9 Å². The Morgan fingerprint density at radius 1 is 1.31 bits per heavy atom. The highest BCUT2D eigenvalue weighted by molar-refractivity contribution is 6.31. The first-order chi connectivity index (χ1) is 12.5. The number of nitrogens with one attached hydrogen (secondary N) is 1. The SMILES string of the molecule is O=C(NCc1ccco1)c1cc([N+](=O)[O-])ccc1Oc1ncccc1Cl. The van der Waals surface area contributed by atoms with Gasteiger partial charge in [0.25, 0.3) is 11.6 Å². The molecule has 3 aromatic rings. The van der Waals surface area contributed by atoms with Crippen molar-refractivity contribution in [3.63, 3.8) is 0 Å². The second-order valence-corrected chi connectivity index (χ2v) is 5.50. The lowest BCUT2D eigenvalue weighted by molar-refractivity contribution is -0.384. The van der Waals surface area contributed by atoms with Crippen LogP contribution in [0.3, 0.4) is 0 Å². The molecule has 0 aliphatic heterocycles. The van der Waals surface area contributed by atoms with Gasteiger partial charge in [0.2, 0.25) is 5.88 Å². The van der Waals surface area contributed by atoms with Crippen LogP contribution < -0.4 is 10.1 Å². The van der Waals surface area contributed by atoms with E-state index in [9.17, 15) is 14.9 Å². The van der Waals surface area contributed by atoms with Crippen molar-refractivity contribution in [1.29, 1.82) is 0 Å². The minimum atomic E-state index is -0.596. The number of ether oxygens (including phenoxy) is 1. The van der Waals surface area contributed by atoms with Crippen LogP contribution in [-0.4, -0.2) is 15.8 Å². The summed E-state index contributed by atoms with van der Waals surface area (Å²) in [4.78, 5) is 26.9. The van der Waals surface area contributed by atoms with Gasteiger partial charge in [-0.2, -0.15) is 0 Å². The molecule has 0 atom stereocenters. The maximum absolute atomic E-state index is 12.5. The van der Waals surface area contributed by atoms with Crippen molar-refractivity contribution in [3.8, 4) is 11.6 Å². The molecule has 0 spiro atoms. The molecule has 2 heterocycles. The lowest BCUT2D eigenvalue weighted by Gasteiger charge is -2.11. The summed E-state index contributed by atoms with van der Waals surface area (Å²) in [6.07, 6.45) is 2.95. The van der Waals surface area contributed by atoms with E-state index in [0.29, 0.717) is 5.76 Å². The molecule has 1 N–H and O–H groups in total. The lowest BCUT2D eigenvalue weighted by atomic mass is 10.1. The summed E-state index contributed by atoms with van der Waals surface area (Å²) in [6, 6.07) is 10.3. The molecule has 9 heteroatoms. The minimum absolute atomic E-state index is 0.0209. The van der Waals surface area contributed by atoms with Crippen LogP contribution in [0.2, 0.25) is 5.02 Å². The first kappa shape index (κ1) is 17.4. The van der Waals surface area contributed by atoms with E-state index in [1.165, 1.54) is 24.6 Å². The minimum Gasteiger partial charge on any atom is -0.467 e. The fourth-order valence-corrected chi connectivity index (χ4v) is 2.28. The number of carbonyl (C=O) groups is 1. The van der Waals surface area contributed by atoms with Gasteiger partial charge in [-0.1, -0.05) is 11.6 Å². The Balaban J connectivity index is 1.89. The van der Waals surface area contributed by atoms with Crippen molar-refractivity contribution in [2.24, 2.45) is 0 Å². The zero-order valence-electron chi connectivity index (χ0n) is 13.2. The molecule has 3 rings (SSSR count). The number of nitro groups is 1. The normalized spacial score (nSPS) is 10.3. The number of hydrogen-bond acceptors (Lipinski definition) is 6. The van der Waals surface area contributed by atoms with E-state index in [-0.39, 0.29) is 34.4 Å². The Kier molecular flexibility index (Phi) is 5.14. The highest BCUT2D eigenvalue weighted by Gasteiger charge is 2.19. The van der Waals surface area contributed by atoms with E-state index in [1.807, 2.05) is 0 Å². The number of pyridine rings is 1. The van der Waals surface area contributed by atoms with Gasteiger partial charge in [-0.15, -0.1) is 0 Å². The van der Waals surface area contributed by atoms with Crippen LogP contribution >= 0.6 is 11.6 Å². The van der Waals surface area contributed by atoms with Gasteiger partial charge < -0.3 is 14.5 Å². The molecular formula is C17H12ClN3O5. The zero-order chi connectivity index (χ0) is 18.5. The van der Waals surface area contributed by atoms with Gasteiger partial charge in [0.05, 0.1) is 23.3 Å². The number of hydrogen-bond donors (Lipinski definition) is 1. The predicted molar refractivity (Wildman–Crippen MR) is 92.3 cm³/mol. The summed E-state index contributed by atoms with van der Waals surface area (Å²) in [6.45, 7) is 0.123. The van der Waals surface area contributed by atoms with E-state index < -0.39 is 10.8 Å². The summed E-state index contributed by atoms with van der Waals surface area (Å²) >= 11 is 6.01. The topological polar surface area (TPSA) is 108 Å². The van der Waals surface area contributed by atoms with E-state index in [2.05, 4.69) is 10.3 Å². The summed E-state index contributed by atoms with van der Waals surface area (Å²) in [7, 11) is 0. The van der Waals surface area contributed by atoms with Crippen LogP contribution in [0.4, 0.5) is 5.69 Å². The number of nitrogens with zero attached hydrogens (tertiary/aromatic N) is 2. The van der Waals surface area contributed by atoms with Crippen molar-refractivity contribution in [1.82, 2.24) is 10.3 Å². The Hall–Kier alpha value is -3.39. The maximum Gasteiger partial charge on any atom is 0.270 e. The standard InChI is InChI=1S/C17H12ClN3O5/c18-14-4-1-7-19-17(14)26-15-6-5-11(21(23)24)9-13(15)16(22)20-10-12-3-2-8-25-12/h1-9H,10H2,(H,20,22). The van der Waals surface area contributed by atoms with Gasteiger partial charge in [-0.25, -0.2) is 4.98 Å². The number of furan rings is 1. The van der Waals surface area contributed by atoms with Crippen LogP contribution in [0.5, 0.6) is 11.6 Å². The highest BCUT2D eigenvalue weighted by Crippen LogP contribution is 2.31. The average Bonchev–Trinajstić information content (AvgIpc) is 3.15. The van der Waals surface area contributed by atoms with Crippen molar-refractivity contribution in [2.45, 2.75) is 6.54 Å². The van der Waals surface area contributed by atoms with Gasteiger partial charge in [0.15, 0.2) is 0 Å². The molecule has 132 valence electrons. The predicted octanol–water partition coefficient (Wildman–Crippen LogP) is 3.96.